The molecule has 0 atom stereocenters. The van der Waals surface area contributed by atoms with Gasteiger partial charge in [0.1, 0.15) is 5.02 Å². The van der Waals surface area contributed by atoms with E-state index >= 15 is 0 Å². The summed E-state index contributed by atoms with van der Waals surface area (Å²) in [4.78, 5) is 15.9. The summed E-state index contributed by atoms with van der Waals surface area (Å²) in [5.41, 5.74) is 0.210. The Balaban J connectivity index is 1.98. The van der Waals surface area contributed by atoms with Crippen molar-refractivity contribution in [1.82, 2.24) is 19.3 Å². The lowest BCUT2D eigenvalue weighted by atomic mass is 10.4. The van der Waals surface area contributed by atoms with Crippen LogP contribution in [0.2, 0.25) is 5.02 Å². The molecule has 0 radical (unpaired) electrons. The van der Waals surface area contributed by atoms with E-state index in [1.54, 1.807) is 25.8 Å². The molecule has 20 heavy (non-hydrogen) atoms. The van der Waals surface area contributed by atoms with Gasteiger partial charge in [-0.25, -0.2) is 9.67 Å². The van der Waals surface area contributed by atoms with Gasteiger partial charge in [0, 0.05) is 32.6 Å². The maximum atomic E-state index is 11.9. The van der Waals surface area contributed by atoms with Crippen molar-refractivity contribution >= 4 is 17.3 Å². The summed E-state index contributed by atoms with van der Waals surface area (Å²) in [6.45, 7) is 2.14. The second-order valence-corrected chi connectivity index (χ2v) is 4.50. The molecule has 1 N–H and O–H groups in total. The van der Waals surface area contributed by atoms with E-state index in [1.165, 1.54) is 4.68 Å². The van der Waals surface area contributed by atoms with Gasteiger partial charge in [-0.1, -0.05) is 11.6 Å². The number of halogens is 1. The Morgan fingerprint density at radius 2 is 2.30 bits per heavy atom. The number of rotatable bonds is 7. The van der Waals surface area contributed by atoms with E-state index in [9.17, 15) is 4.79 Å². The average Bonchev–Trinajstić information content (AvgIpc) is 2.96. The van der Waals surface area contributed by atoms with Crippen LogP contribution in [0.3, 0.4) is 0 Å². The molecule has 0 aliphatic rings. The monoisotopic (exact) mass is 297 g/mol. The second-order valence-electron chi connectivity index (χ2n) is 4.12. The van der Waals surface area contributed by atoms with Crippen LogP contribution in [-0.2, 0) is 17.8 Å². The third-order valence-electron chi connectivity index (χ3n) is 2.74. The van der Waals surface area contributed by atoms with Crippen molar-refractivity contribution in [3.63, 3.8) is 0 Å². The third kappa shape index (κ3) is 3.58. The summed E-state index contributed by atoms with van der Waals surface area (Å²) in [7, 11) is 1.57. The molecule has 0 saturated heterocycles. The fourth-order valence-corrected chi connectivity index (χ4v) is 1.88. The molecule has 0 amide bonds. The molecule has 0 aliphatic carbocycles. The van der Waals surface area contributed by atoms with E-state index in [2.05, 4.69) is 15.4 Å². The van der Waals surface area contributed by atoms with E-state index < -0.39 is 0 Å². The lowest BCUT2D eigenvalue weighted by Crippen LogP contribution is -2.26. The van der Waals surface area contributed by atoms with Crippen molar-refractivity contribution in [2.24, 2.45) is 0 Å². The first-order valence-corrected chi connectivity index (χ1v) is 6.54. The fraction of sp³-hybridized carbons (Fsp3) is 0.417. The standard InChI is InChI=1S/C12H16ClN5O2/c1-20-7-6-18-12(19)11(13)10(8-16-18)15-3-5-17-4-2-14-9-17/h2,4,8-9,15H,3,5-7H2,1H3. The van der Waals surface area contributed by atoms with E-state index in [-0.39, 0.29) is 10.6 Å². The number of hydrogen-bond donors (Lipinski definition) is 1. The van der Waals surface area contributed by atoms with Crippen molar-refractivity contribution in [3.8, 4) is 0 Å². The summed E-state index contributed by atoms with van der Waals surface area (Å²) in [5.74, 6) is 0. The summed E-state index contributed by atoms with van der Waals surface area (Å²) in [6.07, 6.45) is 6.85. The lowest BCUT2D eigenvalue weighted by molar-refractivity contribution is 0.182. The van der Waals surface area contributed by atoms with Gasteiger partial charge < -0.3 is 14.6 Å². The highest BCUT2D eigenvalue weighted by molar-refractivity contribution is 6.32. The zero-order valence-corrected chi connectivity index (χ0v) is 11.9. The molecular formula is C12H16ClN5O2. The number of hydrogen-bond acceptors (Lipinski definition) is 5. The minimum absolute atomic E-state index is 0.140. The number of anilines is 1. The van der Waals surface area contributed by atoms with Gasteiger partial charge in [-0.05, 0) is 0 Å². The molecule has 0 fully saturated rings. The molecule has 2 aromatic rings. The van der Waals surface area contributed by atoms with Crippen LogP contribution in [0, 0.1) is 0 Å². The molecule has 2 heterocycles. The average molecular weight is 298 g/mol. The molecule has 0 saturated carbocycles. The van der Waals surface area contributed by atoms with Crippen molar-refractivity contribution in [2.45, 2.75) is 13.1 Å². The van der Waals surface area contributed by atoms with Crippen molar-refractivity contribution in [3.05, 3.63) is 40.3 Å². The maximum Gasteiger partial charge on any atom is 0.287 e. The molecule has 0 unspecified atom stereocenters. The van der Waals surface area contributed by atoms with Crippen LogP contribution in [0.15, 0.2) is 29.7 Å². The molecule has 0 bridgehead atoms. The predicted molar refractivity (Wildman–Crippen MR) is 76.1 cm³/mol. The fourth-order valence-electron chi connectivity index (χ4n) is 1.66. The van der Waals surface area contributed by atoms with Gasteiger partial charge in [0.25, 0.3) is 5.56 Å². The number of methoxy groups -OCH3 is 1. The molecule has 2 aromatic heterocycles. The smallest absolute Gasteiger partial charge is 0.287 e. The lowest BCUT2D eigenvalue weighted by Gasteiger charge is -2.10. The first-order chi connectivity index (χ1) is 9.72. The van der Waals surface area contributed by atoms with Crippen molar-refractivity contribution < 1.29 is 4.74 Å². The normalized spacial score (nSPS) is 10.7. The second kappa shape index (κ2) is 7.06. The van der Waals surface area contributed by atoms with Crippen LogP contribution in [0.1, 0.15) is 0 Å². The third-order valence-corrected chi connectivity index (χ3v) is 3.10. The quantitative estimate of drug-likeness (QED) is 0.820. The number of aromatic nitrogens is 4. The Bertz CT molecular complexity index is 596. The summed E-state index contributed by atoms with van der Waals surface area (Å²) in [6, 6.07) is 0. The summed E-state index contributed by atoms with van der Waals surface area (Å²) >= 11 is 6.04. The molecule has 0 spiro atoms. The summed E-state index contributed by atoms with van der Waals surface area (Å²) < 4.78 is 8.12. The zero-order valence-electron chi connectivity index (χ0n) is 11.1. The van der Waals surface area contributed by atoms with E-state index in [0.29, 0.717) is 25.4 Å². The maximum absolute atomic E-state index is 11.9. The van der Waals surface area contributed by atoms with Gasteiger partial charge >= 0.3 is 0 Å². The number of ether oxygens (including phenoxy) is 1. The largest absolute Gasteiger partial charge is 0.383 e. The minimum Gasteiger partial charge on any atom is -0.383 e. The molecule has 0 aromatic carbocycles. The van der Waals surface area contributed by atoms with E-state index in [1.807, 2.05) is 10.8 Å². The molecule has 7 nitrogen and oxygen atoms in total. The van der Waals surface area contributed by atoms with Gasteiger partial charge in [-0.15, -0.1) is 0 Å². The number of nitrogens with zero attached hydrogens (tertiary/aromatic N) is 4. The van der Waals surface area contributed by atoms with Crippen LogP contribution in [0.5, 0.6) is 0 Å². The van der Waals surface area contributed by atoms with Crippen LogP contribution < -0.4 is 10.9 Å². The van der Waals surface area contributed by atoms with Gasteiger partial charge in [0.2, 0.25) is 0 Å². The highest BCUT2D eigenvalue weighted by atomic mass is 35.5. The highest BCUT2D eigenvalue weighted by Crippen LogP contribution is 2.14. The van der Waals surface area contributed by atoms with E-state index in [0.717, 1.165) is 6.54 Å². The SMILES string of the molecule is COCCn1ncc(NCCn2ccnc2)c(Cl)c1=O. The van der Waals surface area contributed by atoms with Gasteiger partial charge in [0.15, 0.2) is 0 Å². The van der Waals surface area contributed by atoms with Gasteiger partial charge in [-0.2, -0.15) is 5.10 Å². The Morgan fingerprint density at radius 3 is 3.00 bits per heavy atom. The zero-order chi connectivity index (χ0) is 14.4. The molecular weight excluding hydrogens is 282 g/mol. The van der Waals surface area contributed by atoms with Crippen LogP contribution in [0.4, 0.5) is 5.69 Å². The van der Waals surface area contributed by atoms with Gasteiger partial charge in [-0.3, -0.25) is 4.79 Å². The van der Waals surface area contributed by atoms with Crippen LogP contribution in [-0.4, -0.2) is 39.6 Å². The van der Waals surface area contributed by atoms with Crippen molar-refractivity contribution in [2.75, 3.05) is 25.6 Å². The van der Waals surface area contributed by atoms with Crippen LogP contribution >= 0.6 is 11.6 Å². The Morgan fingerprint density at radius 1 is 1.45 bits per heavy atom. The first-order valence-electron chi connectivity index (χ1n) is 6.16. The molecule has 108 valence electrons. The van der Waals surface area contributed by atoms with Crippen LogP contribution in [0.25, 0.3) is 0 Å². The first kappa shape index (κ1) is 14.5. The van der Waals surface area contributed by atoms with E-state index in [4.69, 9.17) is 16.3 Å². The molecule has 8 heteroatoms. The van der Waals surface area contributed by atoms with Gasteiger partial charge in [0.05, 0.1) is 31.4 Å². The molecule has 0 aliphatic heterocycles. The number of imidazole rings is 1. The molecule has 2 rings (SSSR count). The Labute approximate surface area is 121 Å². The predicted octanol–water partition coefficient (Wildman–Crippen LogP) is 0.852. The minimum atomic E-state index is -0.323. The number of nitrogens with one attached hydrogen (secondary N) is 1. The Kier molecular flexibility index (Phi) is 5.14. The van der Waals surface area contributed by atoms with Crippen molar-refractivity contribution in [1.29, 1.82) is 0 Å². The Hall–Kier alpha value is -1.86. The highest BCUT2D eigenvalue weighted by Gasteiger charge is 2.08. The summed E-state index contributed by atoms with van der Waals surface area (Å²) in [5, 5.41) is 7.28. The topological polar surface area (TPSA) is 74.0 Å².